The van der Waals surface area contributed by atoms with E-state index in [2.05, 4.69) is 10.3 Å². The van der Waals surface area contributed by atoms with Crippen LogP contribution in [0.25, 0.3) is 21.5 Å². The Morgan fingerprint density at radius 3 is 2.60 bits per heavy atom. The number of nitrogens with zero attached hydrogens (tertiary/aromatic N) is 4. The average Bonchev–Trinajstić information content (AvgIpc) is 3.52. The number of halogens is 4. The summed E-state index contributed by atoms with van der Waals surface area (Å²) in [4.78, 5) is 36.8. The van der Waals surface area contributed by atoms with Crippen molar-refractivity contribution in [1.82, 2.24) is 9.55 Å². The molecule has 1 amide bonds. The number of carbonyl (C=O) groups excluding carboxylic acids is 2. The van der Waals surface area contributed by atoms with Gasteiger partial charge in [-0.2, -0.15) is 18.2 Å². The van der Waals surface area contributed by atoms with Gasteiger partial charge in [-0.3, -0.25) is 9.69 Å². The summed E-state index contributed by atoms with van der Waals surface area (Å²) in [6, 6.07) is 13.4. The van der Waals surface area contributed by atoms with Gasteiger partial charge >= 0.3 is 12.1 Å². The topological polar surface area (TPSA) is 88.9 Å². The van der Waals surface area contributed by atoms with E-state index in [1.807, 2.05) is 4.57 Å². The molecule has 14 heteroatoms. The van der Waals surface area contributed by atoms with Gasteiger partial charge in [-0.1, -0.05) is 23.7 Å². The van der Waals surface area contributed by atoms with Crippen LogP contribution < -0.4 is 15.3 Å². The molecule has 1 N–H and O–H groups in total. The number of methoxy groups -OCH3 is 1. The number of rotatable bonds is 8. The number of amides is 1. The fourth-order valence-corrected chi connectivity index (χ4v) is 5.60. The Balaban J connectivity index is 1.54. The highest BCUT2D eigenvalue weighted by Crippen LogP contribution is 2.42. The lowest BCUT2D eigenvalue weighted by molar-refractivity contribution is -0.201. The first-order valence-corrected chi connectivity index (χ1v) is 13.3. The minimum absolute atomic E-state index is 0.0646. The van der Waals surface area contributed by atoms with Crippen molar-refractivity contribution in [3.8, 4) is 10.4 Å². The number of fused-ring (bicyclic) bond motifs is 2. The molecule has 0 radical (unpaired) electrons. The van der Waals surface area contributed by atoms with Crippen molar-refractivity contribution in [3.63, 3.8) is 0 Å². The molecule has 1 aliphatic heterocycles. The van der Waals surface area contributed by atoms with Crippen molar-refractivity contribution in [2.45, 2.75) is 19.1 Å². The molecule has 3 heterocycles. The molecule has 0 fully saturated rings. The zero-order valence-electron chi connectivity index (χ0n) is 21.3. The fourth-order valence-electron chi connectivity index (χ4n) is 4.37. The zero-order valence-corrected chi connectivity index (χ0v) is 22.9. The highest BCUT2D eigenvalue weighted by molar-refractivity contribution is 7.18. The molecule has 0 bridgehead atoms. The Labute approximate surface area is 235 Å². The fraction of sp³-hybridized carbons (Fsp3) is 0.269. The maximum absolute atomic E-state index is 13.7. The molecule has 0 saturated heterocycles. The van der Waals surface area contributed by atoms with Crippen LogP contribution >= 0.6 is 22.9 Å². The third kappa shape index (κ3) is 5.31. The number of aryl methyl sites for hydroxylation is 1. The van der Waals surface area contributed by atoms with Gasteiger partial charge in [0.05, 0.1) is 11.0 Å². The van der Waals surface area contributed by atoms with Gasteiger partial charge in [0, 0.05) is 42.9 Å². The molecule has 9 nitrogen and oxygen atoms in total. The van der Waals surface area contributed by atoms with E-state index in [0.29, 0.717) is 45.8 Å². The van der Waals surface area contributed by atoms with Crippen LogP contribution in [0.2, 0.25) is 5.02 Å². The van der Waals surface area contributed by atoms with E-state index in [4.69, 9.17) is 21.2 Å². The minimum Gasteiger partial charge on any atom is -0.385 e. The Bertz CT molecular complexity index is 1570. The van der Waals surface area contributed by atoms with Crippen molar-refractivity contribution in [2.75, 3.05) is 42.7 Å². The smallest absolute Gasteiger partial charge is 0.385 e. The number of carbonyl (C=O) groups is 2. The van der Waals surface area contributed by atoms with Crippen molar-refractivity contribution in [3.05, 3.63) is 58.4 Å². The maximum Gasteiger partial charge on any atom is 0.493 e. The zero-order chi connectivity index (χ0) is 28.6. The van der Waals surface area contributed by atoms with Gasteiger partial charge in [-0.05, 0) is 48.4 Å². The number of anilines is 3. The quantitative estimate of drug-likeness (QED) is 0.253. The number of thiophene rings is 1. The predicted octanol–water partition coefficient (Wildman–Crippen LogP) is 5.94. The lowest BCUT2D eigenvalue weighted by Crippen LogP contribution is -2.48. The van der Waals surface area contributed by atoms with Crippen LogP contribution in [0, 0.1) is 0 Å². The molecule has 0 aliphatic carbocycles. The van der Waals surface area contributed by atoms with Gasteiger partial charge in [0.15, 0.2) is 0 Å². The summed E-state index contributed by atoms with van der Waals surface area (Å²) < 4.78 is 46.5. The lowest BCUT2D eigenvalue weighted by Gasteiger charge is -2.34. The first-order chi connectivity index (χ1) is 19.1. The number of ether oxygens (including phenoxy) is 1. The normalized spacial score (nSPS) is 13.6. The Morgan fingerprint density at radius 2 is 1.93 bits per heavy atom. The summed E-state index contributed by atoms with van der Waals surface area (Å²) in [5.74, 6) is -2.23. The molecule has 2 aromatic heterocycles. The summed E-state index contributed by atoms with van der Waals surface area (Å²) >= 11 is 7.06. The van der Waals surface area contributed by atoms with E-state index in [-0.39, 0.29) is 10.6 Å². The molecule has 40 heavy (non-hydrogen) atoms. The van der Waals surface area contributed by atoms with E-state index >= 15 is 0 Å². The van der Waals surface area contributed by atoms with E-state index in [0.717, 1.165) is 28.3 Å². The van der Waals surface area contributed by atoms with Crippen molar-refractivity contribution in [2.24, 2.45) is 0 Å². The first-order valence-electron chi connectivity index (χ1n) is 12.1. The summed E-state index contributed by atoms with van der Waals surface area (Å²) in [7, 11) is 3.37. The minimum atomic E-state index is -5.22. The maximum atomic E-state index is 13.7. The second-order valence-electron chi connectivity index (χ2n) is 8.82. The van der Waals surface area contributed by atoms with Gasteiger partial charge < -0.3 is 19.5 Å². The number of hydrogen-bond donors (Lipinski definition) is 1. The number of aromatic nitrogens is 2. The van der Waals surface area contributed by atoms with Crippen molar-refractivity contribution < 1.29 is 32.3 Å². The number of hydroxylamine groups is 1. The summed E-state index contributed by atoms with van der Waals surface area (Å²) in [6.07, 6.45) is -4.47. The molecule has 5 rings (SSSR count). The van der Waals surface area contributed by atoms with Crippen LogP contribution in [0.5, 0.6) is 0 Å². The largest absolute Gasteiger partial charge is 0.493 e. The number of imidazole rings is 1. The Morgan fingerprint density at radius 1 is 1.18 bits per heavy atom. The van der Waals surface area contributed by atoms with Gasteiger partial charge in [-0.25, -0.2) is 9.78 Å². The molecule has 2 aromatic carbocycles. The van der Waals surface area contributed by atoms with Crippen LogP contribution in [-0.4, -0.2) is 55.0 Å². The van der Waals surface area contributed by atoms with Crippen LogP contribution in [0.4, 0.5) is 30.5 Å². The van der Waals surface area contributed by atoms with Crippen molar-refractivity contribution in [1.29, 1.82) is 0 Å². The first kappa shape index (κ1) is 27.7. The molecule has 0 atom stereocenters. The van der Waals surface area contributed by atoms with Gasteiger partial charge in [0.2, 0.25) is 5.95 Å². The third-order valence-electron chi connectivity index (χ3n) is 6.24. The SMILES string of the molecule is CNc1nc2cc(N3CN(OC(=O)C(F)(F)F)c4cc(-c5ccc(Cl)cc5)sc4C3=O)ccc2n1CCCOC. The summed E-state index contributed by atoms with van der Waals surface area (Å²) in [6.45, 7) is 0.746. The van der Waals surface area contributed by atoms with Crippen LogP contribution in [-0.2, 0) is 20.9 Å². The van der Waals surface area contributed by atoms with Gasteiger partial charge in [0.25, 0.3) is 5.91 Å². The summed E-state index contributed by atoms with van der Waals surface area (Å²) in [5.41, 5.74) is 2.52. The van der Waals surface area contributed by atoms with Gasteiger partial charge in [-0.15, -0.1) is 11.3 Å². The second kappa shape index (κ2) is 11.0. The molecular weight excluding hydrogens is 571 g/mol. The van der Waals surface area contributed by atoms with E-state index < -0.39 is 24.7 Å². The van der Waals surface area contributed by atoms with Crippen molar-refractivity contribution >= 4 is 63.2 Å². The number of hydrogen-bond acceptors (Lipinski definition) is 8. The molecule has 1 aliphatic rings. The highest BCUT2D eigenvalue weighted by Gasteiger charge is 2.45. The number of nitrogens with one attached hydrogen (secondary N) is 1. The average molecular weight is 594 g/mol. The standard InChI is InChI=1S/C26H23ClF3N5O4S/c1-31-25-32-18-12-17(8-9-19(18)33(25)10-3-11-38-2)34-14-35(39-24(37)26(28,29)30)20-13-21(40-22(20)23(34)36)15-4-6-16(27)7-5-15/h4-9,12-13H,3,10-11,14H2,1-2H3,(H,31,32). The number of alkyl halides is 3. The monoisotopic (exact) mass is 593 g/mol. The van der Waals surface area contributed by atoms with Crippen LogP contribution in [0.1, 0.15) is 16.1 Å². The van der Waals surface area contributed by atoms with E-state index in [9.17, 15) is 22.8 Å². The summed E-state index contributed by atoms with van der Waals surface area (Å²) in [5, 5.41) is 4.34. The second-order valence-corrected chi connectivity index (χ2v) is 10.3. The molecular formula is C26H23ClF3N5O4S. The number of benzene rings is 2. The lowest BCUT2D eigenvalue weighted by atomic mass is 10.1. The highest BCUT2D eigenvalue weighted by atomic mass is 35.5. The van der Waals surface area contributed by atoms with E-state index in [1.165, 1.54) is 11.0 Å². The predicted molar refractivity (Wildman–Crippen MR) is 147 cm³/mol. The molecule has 0 saturated carbocycles. The molecule has 210 valence electrons. The van der Waals surface area contributed by atoms with Gasteiger partial charge in [0.1, 0.15) is 17.2 Å². The van der Waals surface area contributed by atoms with Crippen LogP contribution in [0.3, 0.4) is 0 Å². The van der Waals surface area contributed by atoms with Crippen LogP contribution in [0.15, 0.2) is 48.5 Å². The molecule has 0 unspecified atom stereocenters. The third-order valence-corrected chi connectivity index (χ3v) is 7.65. The van der Waals surface area contributed by atoms with E-state index in [1.54, 1.807) is 56.6 Å². The Kier molecular flexibility index (Phi) is 7.62. The molecule has 0 spiro atoms. The Hall–Kier alpha value is -3.81. The molecule has 4 aromatic rings.